The molecule has 5 heteroatoms. The smallest absolute Gasteiger partial charge is 0.323 e. The summed E-state index contributed by atoms with van der Waals surface area (Å²) in [6.07, 6.45) is 4.03. The monoisotopic (exact) mass is 421 g/mol. The molecule has 0 unspecified atom stereocenters. The predicted molar refractivity (Wildman–Crippen MR) is 122 cm³/mol. The van der Waals surface area contributed by atoms with Gasteiger partial charge < -0.3 is 10.2 Å². The third-order valence-corrected chi connectivity index (χ3v) is 5.33. The van der Waals surface area contributed by atoms with Gasteiger partial charge in [-0.2, -0.15) is 0 Å². The minimum absolute atomic E-state index is 0.305. The van der Waals surface area contributed by atoms with Crippen LogP contribution in [0.2, 0.25) is 5.02 Å². The van der Waals surface area contributed by atoms with E-state index in [1.54, 1.807) is 6.07 Å². The third-order valence-electron chi connectivity index (χ3n) is 5.00. The summed E-state index contributed by atoms with van der Waals surface area (Å²) in [6, 6.07) is 21.1. The highest BCUT2D eigenvalue weighted by Gasteiger charge is 2.15. The molecule has 0 aliphatic heterocycles. The molecule has 154 valence electrons. The van der Waals surface area contributed by atoms with Crippen molar-refractivity contribution >= 4 is 29.7 Å². The summed E-state index contributed by atoms with van der Waals surface area (Å²) in [5.74, 6) is -1.09. The lowest BCUT2D eigenvalue weighted by Gasteiger charge is -2.12. The molecule has 0 aliphatic rings. The molecule has 1 atom stereocenters. The van der Waals surface area contributed by atoms with E-state index < -0.39 is 18.6 Å². The Morgan fingerprint density at radius 3 is 2.43 bits per heavy atom. The van der Waals surface area contributed by atoms with E-state index in [1.165, 1.54) is 16.7 Å². The Morgan fingerprint density at radius 2 is 1.77 bits per heavy atom. The van der Waals surface area contributed by atoms with Gasteiger partial charge in [0.15, 0.2) is 0 Å². The van der Waals surface area contributed by atoms with Crippen LogP contribution < -0.4 is 5.32 Å². The number of carboxylic acids is 1. The maximum Gasteiger partial charge on any atom is 0.323 e. The Bertz CT molecular complexity index is 1050. The molecule has 3 N–H and O–H groups in total. The highest BCUT2D eigenvalue weighted by molar-refractivity contribution is 6.32. The molecule has 0 radical (unpaired) electrons. The van der Waals surface area contributed by atoms with Crippen molar-refractivity contribution in [1.29, 1.82) is 0 Å². The number of carbonyl (C=O) groups is 1. The zero-order valence-corrected chi connectivity index (χ0v) is 17.4. The van der Waals surface area contributed by atoms with Gasteiger partial charge in [-0.25, -0.2) is 0 Å². The second-order valence-corrected chi connectivity index (χ2v) is 7.44. The van der Waals surface area contributed by atoms with Crippen LogP contribution in [0.15, 0.2) is 66.7 Å². The van der Waals surface area contributed by atoms with Gasteiger partial charge in [0.1, 0.15) is 6.04 Å². The molecule has 3 aromatic carbocycles. The zero-order chi connectivity index (χ0) is 21.5. The van der Waals surface area contributed by atoms with Crippen molar-refractivity contribution in [3.8, 4) is 11.1 Å². The molecule has 0 amide bonds. The zero-order valence-electron chi connectivity index (χ0n) is 16.7. The Morgan fingerprint density at radius 1 is 1.03 bits per heavy atom. The first-order valence-corrected chi connectivity index (χ1v) is 10.1. The van der Waals surface area contributed by atoms with Gasteiger partial charge in [0, 0.05) is 11.6 Å². The lowest BCUT2D eigenvalue weighted by atomic mass is 9.96. The molecule has 0 aromatic heterocycles. The molecule has 3 rings (SSSR count). The van der Waals surface area contributed by atoms with E-state index in [0.29, 0.717) is 11.6 Å². The number of aliphatic carboxylic acids is 1. The topological polar surface area (TPSA) is 69.6 Å². The van der Waals surface area contributed by atoms with Gasteiger partial charge >= 0.3 is 5.97 Å². The Hall–Kier alpha value is -2.92. The van der Waals surface area contributed by atoms with Gasteiger partial charge in [-0.05, 0) is 46.4 Å². The van der Waals surface area contributed by atoms with E-state index in [0.717, 1.165) is 16.7 Å². The minimum Gasteiger partial charge on any atom is -0.480 e. The van der Waals surface area contributed by atoms with Crippen molar-refractivity contribution in [3.63, 3.8) is 0 Å². The van der Waals surface area contributed by atoms with Crippen LogP contribution in [-0.4, -0.2) is 28.8 Å². The second-order valence-electron chi connectivity index (χ2n) is 7.03. The first kappa shape index (κ1) is 21.8. The third kappa shape index (κ3) is 5.36. The summed E-state index contributed by atoms with van der Waals surface area (Å²) in [7, 11) is 0. The predicted octanol–water partition coefficient (Wildman–Crippen LogP) is 5.02. The lowest BCUT2D eigenvalue weighted by Crippen LogP contribution is -2.39. The number of rotatable bonds is 8. The van der Waals surface area contributed by atoms with Gasteiger partial charge in [0.25, 0.3) is 0 Å². The van der Waals surface area contributed by atoms with Crippen LogP contribution in [0.4, 0.5) is 0 Å². The van der Waals surface area contributed by atoms with E-state index in [-0.39, 0.29) is 0 Å². The number of aliphatic hydroxyl groups is 1. The number of carboxylic acid groups (broad SMARTS) is 1. The number of aliphatic hydroxyl groups excluding tert-OH is 1. The van der Waals surface area contributed by atoms with Crippen LogP contribution in [0.1, 0.15) is 22.3 Å². The molecular weight excluding hydrogens is 398 g/mol. The first-order chi connectivity index (χ1) is 14.5. The largest absolute Gasteiger partial charge is 0.480 e. The normalized spacial score (nSPS) is 12.2. The van der Waals surface area contributed by atoms with Crippen molar-refractivity contribution in [3.05, 3.63) is 94.0 Å². The van der Waals surface area contributed by atoms with E-state index in [4.69, 9.17) is 21.8 Å². The fourth-order valence-corrected chi connectivity index (χ4v) is 3.50. The summed E-state index contributed by atoms with van der Waals surface area (Å²) in [5, 5.41) is 21.4. The standard InChI is InChI=1S/C25H24ClNO3/c1-17-19(8-5-9-22(17)20-6-3-2-4-7-20)12-13-21-11-10-18(14-23(21)26)15-27-24(16-28)25(29)30/h2-14,24,27-28H,15-16H2,1H3,(H,29,30)/b13-12+/t24-/m1/s1. The van der Waals surface area contributed by atoms with Crippen LogP contribution in [-0.2, 0) is 11.3 Å². The molecular formula is C25H24ClNO3. The highest BCUT2D eigenvalue weighted by atomic mass is 35.5. The minimum atomic E-state index is -1.09. The highest BCUT2D eigenvalue weighted by Crippen LogP contribution is 2.27. The van der Waals surface area contributed by atoms with Crippen molar-refractivity contribution in [2.24, 2.45) is 0 Å². The lowest BCUT2D eigenvalue weighted by molar-refractivity contribution is -0.140. The molecule has 4 nitrogen and oxygen atoms in total. The molecule has 0 spiro atoms. The second kappa shape index (κ2) is 10.2. The molecule has 3 aromatic rings. The maximum absolute atomic E-state index is 11.0. The average molecular weight is 422 g/mol. The van der Waals surface area contributed by atoms with Crippen LogP contribution in [0.5, 0.6) is 0 Å². The molecule has 0 heterocycles. The fraction of sp³-hybridized carbons (Fsp3) is 0.160. The summed E-state index contributed by atoms with van der Waals surface area (Å²) >= 11 is 6.43. The molecule has 0 saturated heterocycles. The van der Waals surface area contributed by atoms with Crippen LogP contribution in [0.3, 0.4) is 0 Å². The molecule has 0 saturated carbocycles. The van der Waals surface area contributed by atoms with Crippen molar-refractivity contribution in [1.82, 2.24) is 5.32 Å². The Kier molecular flexibility index (Phi) is 7.41. The number of hydrogen-bond acceptors (Lipinski definition) is 3. The van der Waals surface area contributed by atoms with Gasteiger partial charge in [0.2, 0.25) is 0 Å². The Balaban J connectivity index is 1.76. The molecule has 0 fully saturated rings. The van der Waals surface area contributed by atoms with Crippen molar-refractivity contribution in [2.75, 3.05) is 6.61 Å². The van der Waals surface area contributed by atoms with E-state index in [2.05, 4.69) is 36.5 Å². The van der Waals surface area contributed by atoms with Crippen LogP contribution in [0, 0.1) is 6.92 Å². The number of benzene rings is 3. The van der Waals surface area contributed by atoms with Gasteiger partial charge in [-0.1, -0.05) is 84.4 Å². The summed E-state index contributed by atoms with van der Waals surface area (Å²) < 4.78 is 0. The van der Waals surface area contributed by atoms with E-state index in [9.17, 15) is 4.79 Å². The van der Waals surface area contributed by atoms with Gasteiger partial charge in [0.05, 0.1) is 6.61 Å². The quantitative estimate of drug-likeness (QED) is 0.446. The van der Waals surface area contributed by atoms with Crippen LogP contribution >= 0.6 is 11.6 Å². The van der Waals surface area contributed by atoms with Gasteiger partial charge in [-0.15, -0.1) is 0 Å². The molecule has 30 heavy (non-hydrogen) atoms. The maximum atomic E-state index is 11.0. The fourth-order valence-electron chi connectivity index (χ4n) is 3.23. The van der Waals surface area contributed by atoms with E-state index >= 15 is 0 Å². The van der Waals surface area contributed by atoms with Gasteiger partial charge in [-0.3, -0.25) is 10.1 Å². The summed E-state index contributed by atoms with van der Waals surface area (Å²) in [5.41, 5.74) is 6.41. The number of hydrogen-bond donors (Lipinski definition) is 3. The van der Waals surface area contributed by atoms with Crippen LogP contribution in [0.25, 0.3) is 23.3 Å². The van der Waals surface area contributed by atoms with Crippen molar-refractivity contribution in [2.45, 2.75) is 19.5 Å². The SMILES string of the molecule is Cc1c(/C=C/c2ccc(CN[C@H](CO)C(=O)O)cc2Cl)cccc1-c1ccccc1. The number of halogens is 1. The first-order valence-electron chi connectivity index (χ1n) is 9.68. The summed E-state index contributed by atoms with van der Waals surface area (Å²) in [4.78, 5) is 11.0. The summed E-state index contributed by atoms with van der Waals surface area (Å²) in [6.45, 7) is 1.95. The van der Waals surface area contributed by atoms with E-state index in [1.807, 2.05) is 48.6 Å². The van der Waals surface area contributed by atoms with Crippen molar-refractivity contribution < 1.29 is 15.0 Å². The molecule has 0 aliphatic carbocycles. The molecule has 0 bridgehead atoms. The Labute approximate surface area is 181 Å². The average Bonchev–Trinajstić information content (AvgIpc) is 2.75. The number of nitrogens with one attached hydrogen (secondary N) is 1.